The highest BCUT2D eigenvalue weighted by Crippen LogP contribution is 2.40. The largest absolute Gasteiger partial charge is 0.334 e. The van der Waals surface area contributed by atoms with Gasteiger partial charge in [0.2, 0.25) is 0 Å². The van der Waals surface area contributed by atoms with Crippen LogP contribution in [0.1, 0.15) is 12.8 Å². The van der Waals surface area contributed by atoms with E-state index in [9.17, 15) is 0 Å². The van der Waals surface area contributed by atoms with Crippen molar-refractivity contribution in [3.05, 3.63) is 193 Å². The molecule has 0 spiro atoms. The zero-order valence-electron chi connectivity index (χ0n) is 25.9. The second kappa shape index (κ2) is 12.6. The Labute approximate surface area is 273 Å². The van der Waals surface area contributed by atoms with Gasteiger partial charge >= 0.3 is 0 Å². The lowest BCUT2D eigenvalue weighted by molar-refractivity contribution is 0.496. The molecule has 4 aliphatic carbocycles. The first-order valence-corrected chi connectivity index (χ1v) is 16.5. The first-order valence-electron chi connectivity index (χ1n) is 16.5. The van der Waals surface area contributed by atoms with E-state index in [1.165, 1.54) is 40.2 Å². The predicted molar refractivity (Wildman–Crippen MR) is 194 cm³/mol. The Kier molecular flexibility index (Phi) is 7.70. The SMILES string of the molecule is C1=CC2C=CC(N(c3ccccc3)c3ccc(-c4ccc(N(c5ccccc5)C5C=CC=C6C=CCCC65)cc4)cc3)=CC2C=C1. The standard InChI is InChI=1S/C44H38N2/c1-3-16-38(17-4-1)45(42-31-26-33-12-7-8-14-37(33)32-42)40-27-22-34(23-28-40)35-24-29-41(30-25-35)46(39-18-5-2-6-19-39)44-21-11-15-36-13-9-10-20-43(36)44/h1-9,11-19,21-33,37,43-44H,10,20H2. The Morgan fingerprint density at radius 2 is 1.13 bits per heavy atom. The van der Waals surface area contributed by atoms with Crippen LogP contribution in [0.5, 0.6) is 0 Å². The zero-order chi connectivity index (χ0) is 30.7. The van der Waals surface area contributed by atoms with Crippen molar-refractivity contribution >= 4 is 22.7 Å². The molecular weight excluding hydrogens is 556 g/mol. The van der Waals surface area contributed by atoms with Crippen molar-refractivity contribution in [2.45, 2.75) is 18.9 Å². The molecule has 0 bridgehead atoms. The molecule has 0 aromatic heterocycles. The first kappa shape index (κ1) is 28.2. The van der Waals surface area contributed by atoms with E-state index in [1.54, 1.807) is 0 Å². The van der Waals surface area contributed by atoms with Gasteiger partial charge in [0.1, 0.15) is 0 Å². The summed E-state index contributed by atoms with van der Waals surface area (Å²) in [5.41, 5.74) is 9.82. The first-order chi connectivity index (χ1) is 22.8. The van der Waals surface area contributed by atoms with Crippen molar-refractivity contribution in [3.63, 3.8) is 0 Å². The quantitative estimate of drug-likeness (QED) is 0.210. The fraction of sp³-hybridized carbons (Fsp3) is 0.136. The molecule has 4 atom stereocenters. The Bertz CT molecular complexity index is 1890. The molecule has 0 radical (unpaired) electrons. The maximum absolute atomic E-state index is 2.52. The molecule has 2 nitrogen and oxygen atoms in total. The van der Waals surface area contributed by atoms with Gasteiger partial charge in [0.25, 0.3) is 0 Å². The molecule has 2 heteroatoms. The predicted octanol–water partition coefficient (Wildman–Crippen LogP) is 11.3. The van der Waals surface area contributed by atoms with E-state index in [0.717, 1.165) is 17.8 Å². The third-order valence-corrected chi connectivity index (χ3v) is 9.68. The molecule has 8 rings (SSSR count). The van der Waals surface area contributed by atoms with Crippen LogP contribution in [0.3, 0.4) is 0 Å². The molecule has 4 unspecified atom stereocenters. The summed E-state index contributed by atoms with van der Waals surface area (Å²) in [5, 5.41) is 0. The van der Waals surface area contributed by atoms with Gasteiger partial charge in [-0.1, -0.05) is 127 Å². The van der Waals surface area contributed by atoms with Crippen LogP contribution in [0.4, 0.5) is 22.7 Å². The minimum atomic E-state index is 0.278. The van der Waals surface area contributed by atoms with E-state index in [-0.39, 0.29) is 6.04 Å². The van der Waals surface area contributed by atoms with E-state index in [4.69, 9.17) is 0 Å². The molecule has 4 aromatic rings. The van der Waals surface area contributed by atoms with Crippen LogP contribution < -0.4 is 9.80 Å². The lowest BCUT2D eigenvalue weighted by Gasteiger charge is -2.40. The number of para-hydroxylation sites is 2. The molecule has 0 aliphatic heterocycles. The number of allylic oxidation sites excluding steroid dienone is 11. The van der Waals surface area contributed by atoms with Crippen LogP contribution in [-0.2, 0) is 0 Å². The highest BCUT2D eigenvalue weighted by atomic mass is 15.2. The van der Waals surface area contributed by atoms with E-state index in [1.807, 2.05) is 0 Å². The summed E-state index contributed by atoms with van der Waals surface area (Å²) in [7, 11) is 0. The van der Waals surface area contributed by atoms with Gasteiger partial charge in [-0.15, -0.1) is 0 Å². The van der Waals surface area contributed by atoms with Gasteiger partial charge in [-0.05, 0) is 84.1 Å². The van der Waals surface area contributed by atoms with Crippen molar-refractivity contribution in [3.8, 4) is 11.1 Å². The topological polar surface area (TPSA) is 6.48 Å². The summed E-state index contributed by atoms with van der Waals surface area (Å²) in [6.07, 6.45) is 29.7. The Balaban J connectivity index is 1.09. The number of hydrogen-bond donors (Lipinski definition) is 0. The fourth-order valence-electron chi connectivity index (χ4n) is 7.35. The Morgan fingerprint density at radius 1 is 0.522 bits per heavy atom. The summed E-state index contributed by atoms with van der Waals surface area (Å²) in [6, 6.07) is 39.9. The monoisotopic (exact) mass is 594 g/mol. The maximum atomic E-state index is 2.52. The van der Waals surface area contributed by atoms with Crippen LogP contribution in [0.2, 0.25) is 0 Å². The molecule has 0 fully saturated rings. The number of rotatable bonds is 7. The van der Waals surface area contributed by atoms with Crippen LogP contribution in [-0.4, -0.2) is 6.04 Å². The molecule has 0 amide bonds. The van der Waals surface area contributed by atoms with Crippen molar-refractivity contribution in [2.24, 2.45) is 17.8 Å². The zero-order valence-corrected chi connectivity index (χ0v) is 25.9. The van der Waals surface area contributed by atoms with E-state index in [2.05, 4.69) is 192 Å². The molecule has 0 saturated carbocycles. The Hall–Kier alpha value is -5.34. The molecular formula is C44H38N2. The average molecular weight is 595 g/mol. The summed E-state index contributed by atoms with van der Waals surface area (Å²) < 4.78 is 0. The highest BCUT2D eigenvalue weighted by molar-refractivity contribution is 5.75. The van der Waals surface area contributed by atoms with Gasteiger partial charge in [0, 0.05) is 46.2 Å². The van der Waals surface area contributed by atoms with Gasteiger partial charge in [0.15, 0.2) is 0 Å². The number of hydrogen-bond acceptors (Lipinski definition) is 2. The number of benzene rings is 4. The van der Waals surface area contributed by atoms with E-state index in [0.29, 0.717) is 17.8 Å². The van der Waals surface area contributed by atoms with Gasteiger partial charge in [0.05, 0.1) is 6.04 Å². The summed E-state index contributed by atoms with van der Waals surface area (Å²) in [5.74, 6) is 1.30. The van der Waals surface area contributed by atoms with Crippen molar-refractivity contribution in [1.29, 1.82) is 0 Å². The molecule has 4 aliphatic rings. The van der Waals surface area contributed by atoms with Crippen LogP contribution in [0.15, 0.2) is 193 Å². The second-order valence-corrected chi connectivity index (χ2v) is 12.5. The molecule has 0 N–H and O–H groups in total. The minimum absolute atomic E-state index is 0.278. The van der Waals surface area contributed by atoms with Gasteiger partial charge < -0.3 is 9.80 Å². The molecule has 4 aromatic carbocycles. The number of fused-ring (bicyclic) bond motifs is 2. The lowest BCUT2D eigenvalue weighted by Crippen LogP contribution is -2.38. The molecule has 0 heterocycles. The van der Waals surface area contributed by atoms with Crippen molar-refractivity contribution in [1.82, 2.24) is 0 Å². The van der Waals surface area contributed by atoms with Crippen LogP contribution in [0, 0.1) is 17.8 Å². The third-order valence-electron chi connectivity index (χ3n) is 9.68. The van der Waals surface area contributed by atoms with E-state index < -0.39 is 0 Å². The highest BCUT2D eigenvalue weighted by Gasteiger charge is 2.31. The summed E-state index contributed by atoms with van der Waals surface area (Å²) >= 11 is 0. The smallest absolute Gasteiger partial charge is 0.0594 e. The number of anilines is 4. The van der Waals surface area contributed by atoms with Gasteiger partial charge in [-0.3, -0.25) is 0 Å². The summed E-state index contributed by atoms with van der Waals surface area (Å²) in [6.45, 7) is 0. The second-order valence-electron chi connectivity index (χ2n) is 12.5. The molecule has 224 valence electrons. The summed E-state index contributed by atoms with van der Waals surface area (Å²) in [4.78, 5) is 4.88. The number of nitrogens with zero attached hydrogens (tertiary/aromatic N) is 2. The van der Waals surface area contributed by atoms with Crippen LogP contribution in [0.25, 0.3) is 11.1 Å². The third kappa shape index (κ3) is 5.52. The van der Waals surface area contributed by atoms with Gasteiger partial charge in [-0.2, -0.15) is 0 Å². The van der Waals surface area contributed by atoms with Gasteiger partial charge in [-0.25, -0.2) is 0 Å². The minimum Gasteiger partial charge on any atom is -0.334 e. The van der Waals surface area contributed by atoms with Crippen LogP contribution >= 0.6 is 0 Å². The van der Waals surface area contributed by atoms with Crippen molar-refractivity contribution < 1.29 is 0 Å². The lowest BCUT2D eigenvalue weighted by atomic mass is 9.79. The molecule has 0 saturated heterocycles. The fourth-order valence-corrected chi connectivity index (χ4v) is 7.35. The Morgan fingerprint density at radius 3 is 1.85 bits per heavy atom. The average Bonchev–Trinajstić information content (AvgIpc) is 3.13. The maximum Gasteiger partial charge on any atom is 0.0594 e. The van der Waals surface area contributed by atoms with Crippen molar-refractivity contribution in [2.75, 3.05) is 9.80 Å². The molecule has 46 heavy (non-hydrogen) atoms. The van der Waals surface area contributed by atoms with E-state index >= 15 is 0 Å². The normalized spacial score (nSPS) is 22.4.